The van der Waals surface area contributed by atoms with Gasteiger partial charge < -0.3 is 19.7 Å². The Balaban J connectivity index is 2.73. The molecule has 4 nitrogen and oxygen atoms in total. The summed E-state index contributed by atoms with van der Waals surface area (Å²) in [6, 6.07) is 8.41. The molecule has 2 aromatic carbocycles. The molecule has 0 saturated carbocycles. The number of phenolic OH excluding ortho intramolecular Hbond substituents is 2. The summed E-state index contributed by atoms with van der Waals surface area (Å²) in [5, 5.41) is 21.2. The van der Waals surface area contributed by atoms with E-state index < -0.39 is 5.79 Å². The smallest absolute Gasteiger partial charge is 0.194 e. The summed E-state index contributed by atoms with van der Waals surface area (Å²) in [7, 11) is 3.02. The molecule has 0 aliphatic heterocycles. The average molecular weight is 248 g/mol. The molecule has 0 heterocycles. The maximum Gasteiger partial charge on any atom is 0.194 e. The lowest BCUT2D eigenvalue weighted by molar-refractivity contribution is -0.202. The minimum Gasteiger partial charge on any atom is -0.507 e. The van der Waals surface area contributed by atoms with Crippen molar-refractivity contribution in [2.75, 3.05) is 14.2 Å². The fraction of sp³-hybridized carbons (Fsp3) is 0.286. The van der Waals surface area contributed by atoms with Crippen LogP contribution in [0.4, 0.5) is 0 Å². The minimum absolute atomic E-state index is 0.0506. The van der Waals surface area contributed by atoms with Crippen molar-refractivity contribution < 1.29 is 19.7 Å². The fourth-order valence-corrected chi connectivity index (χ4v) is 2.00. The first-order valence-electron chi connectivity index (χ1n) is 5.58. The first-order chi connectivity index (χ1) is 8.53. The summed E-state index contributed by atoms with van der Waals surface area (Å²) >= 11 is 0. The van der Waals surface area contributed by atoms with Crippen molar-refractivity contribution in [1.29, 1.82) is 0 Å². The van der Waals surface area contributed by atoms with Gasteiger partial charge in [0.25, 0.3) is 0 Å². The molecule has 0 unspecified atom stereocenters. The van der Waals surface area contributed by atoms with Crippen molar-refractivity contribution in [3.63, 3.8) is 0 Å². The van der Waals surface area contributed by atoms with Gasteiger partial charge in [0, 0.05) is 25.0 Å². The molecule has 0 aliphatic carbocycles. The molecule has 0 spiro atoms. The van der Waals surface area contributed by atoms with Crippen LogP contribution in [-0.4, -0.2) is 24.4 Å². The summed E-state index contributed by atoms with van der Waals surface area (Å²) in [6.07, 6.45) is 0. The quantitative estimate of drug-likeness (QED) is 0.820. The number of rotatable bonds is 3. The Kier molecular flexibility index (Phi) is 3.15. The molecule has 0 aromatic heterocycles. The highest BCUT2D eigenvalue weighted by atomic mass is 16.7. The molecule has 0 amide bonds. The fourth-order valence-electron chi connectivity index (χ4n) is 2.00. The molecule has 18 heavy (non-hydrogen) atoms. The Morgan fingerprint density at radius 2 is 1.61 bits per heavy atom. The molecule has 0 saturated heterocycles. The van der Waals surface area contributed by atoms with Crippen LogP contribution in [0.15, 0.2) is 30.3 Å². The van der Waals surface area contributed by atoms with Crippen molar-refractivity contribution in [2.24, 2.45) is 0 Å². The van der Waals surface area contributed by atoms with E-state index >= 15 is 0 Å². The number of phenols is 2. The number of hydrogen-bond donors (Lipinski definition) is 2. The molecule has 4 heteroatoms. The molecule has 2 aromatic rings. The van der Waals surface area contributed by atoms with E-state index in [1.165, 1.54) is 14.2 Å². The van der Waals surface area contributed by atoms with Gasteiger partial charge in [0.05, 0.1) is 5.56 Å². The van der Waals surface area contributed by atoms with Gasteiger partial charge in [-0.3, -0.25) is 0 Å². The molecular formula is C14H16O4. The van der Waals surface area contributed by atoms with Crippen molar-refractivity contribution >= 4 is 10.8 Å². The van der Waals surface area contributed by atoms with Gasteiger partial charge in [0.15, 0.2) is 5.79 Å². The number of hydrogen-bond acceptors (Lipinski definition) is 4. The van der Waals surface area contributed by atoms with Gasteiger partial charge in [0.2, 0.25) is 0 Å². The van der Waals surface area contributed by atoms with Gasteiger partial charge in [0.1, 0.15) is 11.5 Å². The van der Waals surface area contributed by atoms with E-state index in [0.29, 0.717) is 16.3 Å². The maximum atomic E-state index is 10.3. The van der Waals surface area contributed by atoms with Crippen LogP contribution in [0.1, 0.15) is 12.5 Å². The molecule has 2 rings (SSSR count). The molecule has 0 aliphatic rings. The lowest BCUT2D eigenvalue weighted by Crippen LogP contribution is -2.26. The normalized spacial score (nSPS) is 11.9. The van der Waals surface area contributed by atoms with E-state index in [-0.39, 0.29) is 11.5 Å². The van der Waals surface area contributed by atoms with Gasteiger partial charge in [-0.05, 0) is 25.1 Å². The highest BCUT2D eigenvalue weighted by Gasteiger charge is 2.29. The van der Waals surface area contributed by atoms with E-state index in [2.05, 4.69) is 0 Å². The second-order valence-electron chi connectivity index (χ2n) is 4.19. The van der Waals surface area contributed by atoms with Crippen LogP contribution in [0.3, 0.4) is 0 Å². The SMILES string of the molecule is COC(C)(OC)c1ccc2c(O)cccc2c1O. The van der Waals surface area contributed by atoms with Crippen molar-refractivity contribution in [3.8, 4) is 11.5 Å². The third kappa shape index (κ3) is 1.79. The van der Waals surface area contributed by atoms with Crippen molar-refractivity contribution in [2.45, 2.75) is 12.7 Å². The topological polar surface area (TPSA) is 58.9 Å². The predicted molar refractivity (Wildman–Crippen MR) is 68.6 cm³/mol. The van der Waals surface area contributed by atoms with Gasteiger partial charge in [-0.2, -0.15) is 0 Å². The minimum atomic E-state index is -1.02. The van der Waals surface area contributed by atoms with Crippen LogP contribution in [0.25, 0.3) is 10.8 Å². The number of methoxy groups -OCH3 is 2. The standard InChI is InChI=1S/C14H16O4/c1-14(17-2,18-3)11-8-7-9-10(13(11)16)5-4-6-12(9)15/h4-8,15-16H,1-3H3. The molecule has 0 atom stereocenters. The van der Waals surface area contributed by atoms with E-state index in [1.54, 1.807) is 37.3 Å². The summed E-state index contributed by atoms with van der Waals surface area (Å²) in [5.74, 6) is -0.843. The van der Waals surface area contributed by atoms with Gasteiger partial charge in [-0.1, -0.05) is 12.1 Å². The zero-order valence-corrected chi connectivity index (χ0v) is 10.6. The van der Waals surface area contributed by atoms with Crippen LogP contribution in [0, 0.1) is 0 Å². The highest BCUT2D eigenvalue weighted by Crippen LogP contribution is 2.39. The molecule has 0 radical (unpaired) electrons. The first kappa shape index (κ1) is 12.7. The Labute approximate surface area is 105 Å². The van der Waals surface area contributed by atoms with Gasteiger partial charge in [-0.15, -0.1) is 0 Å². The van der Waals surface area contributed by atoms with E-state index in [0.717, 1.165) is 0 Å². The number of aromatic hydroxyl groups is 2. The third-order valence-electron chi connectivity index (χ3n) is 3.28. The van der Waals surface area contributed by atoms with Crippen LogP contribution >= 0.6 is 0 Å². The van der Waals surface area contributed by atoms with Crippen molar-refractivity contribution in [1.82, 2.24) is 0 Å². The molecule has 0 bridgehead atoms. The van der Waals surface area contributed by atoms with Crippen LogP contribution in [0.2, 0.25) is 0 Å². The summed E-state index contributed by atoms with van der Waals surface area (Å²) in [4.78, 5) is 0. The van der Waals surface area contributed by atoms with Crippen molar-refractivity contribution in [3.05, 3.63) is 35.9 Å². The Hall–Kier alpha value is -1.78. The molecule has 0 fully saturated rings. The zero-order chi connectivity index (χ0) is 13.3. The van der Waals surface area contributed by atoms with Crippen LogP contribution < -0.4 is 0 Å². The van der Waals surface area contributed by atoms with Crippen LogP contribution in [-0.2, 0) is 15.3 Å². The Morgan fingerprint density at radius 3 is 2.22 bits per heavy atom. The summed E-state index contributed by atoms with van der Waals surface area (Å²) in [5.41, 5.74) is 0.519. The van der Waals surface area contributed by atoms with Gasteiger partial charge >= 0.3 is 0 Å². The number of benzene rings is 2. The van der Waals surface area contributed by atoms with Crippen LogP contribution in [0.5, 0.6) is 11.5 Å². The third-order valence-corrected chi connectivity index (χ3v) is 3.28. The molecular weight excluding hydrogens is 232 g/mol. The van der Waals surface area contributed by atoms with E-state index in [4.69, 9.17) is 9.47 Å². The Morgan fingerprint density at radius 1 is 0.944 bits per heavy atom. The van der Waals surface area contributed by atoms with E-state index in [1.807, 2.05) is 0 Å². The lowest BCUT2D eigenvalue weighted by atomic mass is 9.99. The largest absolute Gasteiger partial charge is 0.507 e. The molecule has 96 valence electrons. The average Bonchev–Trinajstić information content (AvgIpc) is 2.39. The monoisotopic (exact) mass is 248 g/mol. The lowest BCUT2D eigenvalue weighted by Gasteiger charge is -2.28. The van der Waals surface area contributed by atoms with Gasteiger partial charge in [-0.25, -0.2) is 0 Å². The predicted octanol–water partition coefficient (Wildman–Crippen LogP) is 2.72. The number of ether oxygens (including phenoxy) is 2. The molecule has 2 N–H and O–H groups in total. The second-order valence-corrected chi connectivity index (χ2v) is 4.19. The Bertz CT molecular complexity index is 573. The second kappa shape index (κ2) is 4.48. The summed E-state index contributed by atoms with van der Waals surface area (Å²) < 4.78 is 10.6. The maximum absolute atomic E-state index is 10.3. The summed E-state index contributed by atoms with van der Waals surface area (Å²) in [6.45, 7) is 1.72. The number of fused-ring (bicyclic) bond motifs is 1. The first-order valence-corrected chi connectivity index (χ1v) is 5.58. The van der Waals surface area contributed by atoms with E-state index in [9.17, 15) is 10.2 Å². The highest BCUT2D eigenvalue weighted by molar-refractivity contribution is 5.93. The zero-order valence-electron chi connectivity index (χ0n) is 10.6.